The molecule has 1 aromatic heterocycles. The van der Waals surface area contributed by atoms with E-state index in [2.05, 4.69) is 90.0 Å². The molecule has 0 aromatic carbocycles. The number of unbranched alkanes of at least 4 members (excludes halogenated alkanes) is 6. The Morgan fingerprint density at radius 2 is 1.21 bits per heavy atom. The summed E-state index contributed by atoms with van der Waals surface area (Å²) in [5, 5.41) is 20.9. The summed E-state index contributed by atoms with van der Waals surface area (Å²) >= 11 is 0. The van der Waals surface area contributed by atoms with Crippen LogP contribution in [0.5, 0.6) is 0 Å². The Bertz CT molecular complexity index is 2210. The Hall–Kier alpha value is -4.36. The van der Waals surface area contributed by atoms with Crippen molar-refractivity contribution in [3.8, 4) is 0 Å². The highest BCUT2D eigenvalue weighted by Crippen LogP contribution is 2.60. The van der Waals surface area contributed by atoms with Gasteiger partial charge in [-0.25, -0.2) is 13.9 Å². The van der Waals surface area contributed by atoms with Crippen molar-refractivity contribution < 1.29 is 71.0 Å². The highest BCUT2D eigenvalue weighted by Gasteiger charge is 2.46. The van der Waals surface area contributed by atoms with Gasteiger partial charge in [-0.1, -0.05) is 143 Å². The highest BCUT2D eigenvalue weighted by atomic mass is 31.3. The molecule has 4 unspecified atom stereocenters. The first-order valence-electron chi connectivity index (χ1n) is 26.4. The Morgan fingerprint density at radius 1 is 0.667 bits per heavy atom. The van der Waals surface area contributed by atoms with E-state index < -0.39 is 83.7 Å². The number of allylic oxidation sites excluding steroid dienone is 15. The van der Waals surface area contributed by atoms with Gasteiger partial charge in [0.15, 0.2) is 12.3 Å². The number of hydrogen-bond acceptors (Lipinski definition) is 16. The first kappa shape index (κ1) is 64.9. The van der Waals surface area contributed by atoms with Gasteiger partial charge in [0.25, 0.3) is 0 Å². The molecule has 0 spiro atoms. The molecule has 420 valence electrons. The molecule has 3 rings (SSSR count). The second-order valence-electron chi connectivity index (χ2n) is 18.1. The van der Waals surface area contributed by atoms with Crippen LogP contribution in [0.4, 0.5) is 5.82 Å². The third-order valence-corrected chi connectivity index (χ3v) is 14.2. The second kappa shape index (κ2) is 38.2. The van der Waals surface area contributed by atoms with Gasteiger partial charge in [0, 0.05) is 19.0 Å². The maximum atomic E-state index is 12.9. The fraction of sp³-hybridized carbons (Fsp3) is 0.593. The molecule has 3 heterocycles. The zero-order valence-corrected chi connectivity index (χ0v) is 45.5. The maximum Gasteiger partial charge on any atom is 0.481 e. The van der Waals surface area contributed by atoms with Crippen LogP contribution in [0.3, 0.4) is 0 Å². The molecule has 1 aromatic rings. The van der Waals surface area contributed by atoms with E-state index in [1.54, 1.807) is 0 Å². The van der Waals surface area contributed by atoms with Crippen LogP contribution in [0.25, 0.3) is 0 Å². The Morgan fingerprint density at radius 3 is 1.81 bits per heavy atom. The number of phosphoric acid groups is 2. The van der Waals surface area contributed by atoms with Crippen molar-refractivity contribution >= 4 is 33.4 Å². The number of aliphatic hydroxyl groups is 2. The minimum Gasteiger partial charge on any atom is -0.462 e. The summed E-state index contributed by atoms with van der Waals surface area (Å²) in [7, 11) is -10.9. The molecule has 0 saturated carbocycles. The number of aromatic nitrogens is 2. The van der Waals surface area contributed by atoms with Gasteiger partial charge in [0.1, 0.15) is 30.7 Å². The van der Waals surface area contributed by atoms with Gasteiger partial charge in [0.05, 0.1) is 25.4 Å². The molecule has 2 aliphatic heterocycles. The van der Waals surface area contributed by atoms with Crippen molar-refractivity contribution in [3.05, 3.63) is 120 Å². The third kappa shape index (κ3) is 30.2. The molecule has 9 atom stereocenters. The lowest BCUT2D eigenvalue weighted by atomic mass is 10.1. The number of carbonyl (C=O) groups is 2. The van der Waals surface area contributed by atoms with Crippen LogP contribution in [0.1, 0.15) is 148 Å². The maximum absolute atomic E-state index is 12.9. The molecule has 6 N–H and O–H groups in total. The molecule has 2 aliphatic rings. The van der Waals surface area contributed by atoms with Gasteiger partial charge < -0.3 is 44.7 Å². The summed E-state index contributed by atoms with van der Waals surface area (Å²) in [5.74, 6) is -1.48. The summed E-state index contributed by atoms with van der Waals surface area (Å²) in [4.78, 5) is 61.9. The van der Waals surface area contributed by atoms with Crippen molar-refractivity contribution in [2.75, 3.05) is 25.6 Å². The lowest BCUT2D eigenvalue weighted by Crippen LogP contribution is -2.36. The number of aliphatic hydroxyl groups excluding tert-OH is 2. The molecule has 2 saturated heterocycles. The van der Waals surface area contributed by atoms with Crippen LogP contribution < -0.4 is 11.4 Å². The number of ether oxygens (including phenoxy) is 4. The van der Waals surface area contributed by atoms with Gasteiger partial charge in [-0.2, -0.15) is 9.29 Å². The smallest absolute Gasteiger partial charge is 0.462 e. The van der Waals surface area contributed by atoms with Gasteiger partial charge in [-0.3, -0.25) is 23.2 Å². The highest BCUT2D eigenvalue weighted by molar-refractivity contribution is 7.61. The number of nitrogen functional groups attached to an aromatic ring is 1. The van der Waals surface area contributed by atoms with E-state index in [0.717, 1.165) is 62.1 Å². The minimum absolute atomic E-state index is 0.0161. The number of anilines is 1. The lowest BCUT2D eigenvalue weighted by molar-refractivity contribution is -0.161. The average molecular weight is 1090 g/mol. The summed E-state index contributed by atoms with van der Waals surface area (Å²) in [5.41, 5.74) is 4.58. The first-order valence-corrected chi connectivity index (χ1v) is 29.4. The molecule has 0 amide bonds. The molecular formula is C54H83N3O16P2. The van der Waals surface area contributed by atoms with Crippen molar-refractivity contribution in [2.45, 2.75) is 185 Å². The normalized spacial score (nSPS) is 22.3. The van der Waals surface area contributed by atoms with Crippen LogP contribution in [-0.2, 0) is 51.0 Å². The standard InChI is InChI=1S/C54H83N3O16P2/c1-3-5-7-8-9-10-11-12-13-14-15-16-17-18-19-23-26-29-33-37-49(58)67-41-44(70-50(59)38-34-30-27-24-21-20-22-25-28-32-36-46-45(71-46)35-31-6-4-2)42-68-74(63,64)73-75(65,66)69-43-47-51(60)52(61)53(72-47)57-40-39-48(55)56-54(57)62/h9-10,12-13,15-16,18-20,22,24,26-29,32,39-40,44-47,51-53,60-61H,3-8,11,14,17,21,23,25,30-31,33-38,41-43H2,1-2H3,(H,63,64)(H,65,66)(H2,55,56,62)/b10-9-,13-12-,16-15-,19-18-,22-20-,27-24-,29-26-,32-28-/t44-,45?,46?,47-,51-,52-,53-/m1/s1. The number of nitrogens with zero attached hydrogens (tertiary/aromatic N) is 2. The fourth-order valence-corrected chi connectivity index (χ4v) is 9.49. The quantitative estimate of drug-likeness (QED) is 0.0134. The molecule has 0 aliphatic carbocycles. The van der Waals surface area contributed by atoms with Crippen molar-refractivity contribution in [3.63, 3.8) is 0 Å². The molecule has 19 nitrogen and oxygen atoms in total. The van der Waals surface area contributed by atoms with Crippen LogP contribution in [0, 0.1) is 0 Å². The van der Waals surface area contributed by atoms with Gasteiger partial charge in [-0.05, 0) is 89.5 Å². The van der Waals surface area contributed by atoms with Gasteiger partial charge in [-0.15, -0.1) is 0 Å². The number of rotatable bonds is 41. The predicted octanol–water partition coefficient (Wildman–Crippen LogP) is 10.2. The van der Waals surface area contributed by atoms with E-state index in [4.69, 9.17) is 33.7 Å². The largest absolute Gasteiger partial charge is 0.481 e. The lowest BCUT2D eigenvalue weighted by Gasteiger charge is -2.21. The van der Waals surface area contributed by atoms with E-state index >= 15 is 0 Å². The van der Waals surface area contributed by atoms with E-state index in [1.165, 1.54) is 44.6 Å². The monoisotopic (exact) mass is 1090 g/mol. The fourth-order valence-electron chi connectivity index (χ4n) is 7.38. The number of nitrogens with two attached hydrogens (primary N) is 1. The minimum atomic E-state index is -5.46. The number of phosphoric ester groups is 2. The predicted molar refractivity (Wildman–Crippen MR) is 288 cm³/mol. The average Bonchev–Trinajstić information content (AvgIpc) is 4.06. The second-order valence-corrected chi connectivity index (χ2v) is 21.1. The Labute approximate surface area is 443 Å². The first-order chi connectivity index (χ1) is 36.1. The number of carbonyl (C=O) groups excluding carboxylic acids is 2. The molecule has 2 fully saturated rings. The molecular weight excluding hydrogens is 1010 g/mol. The zero-order valence-electron chi connectivity index (χ0n) is 43.8. The van der Waals surface area contributed by atoms with Crippen molar-refractivity contribution in [2.24, 2.45) is 0 Å². The van der Waals surface area contributed by atoms with E-state index in [-0.39, 0.29) is 18.7 Å². The van der Waals surface area contributed by atoms with Crippen molar-refractivity contribution in [1.29, 1.82) is 0 Å². The van der Waals surface area contributed by atoms with Crippen LogP contribution >= 0.6 is 15.6 Å². The molecule has 75 heavy (non-hydrogen) atoms. The van der Waals surface area contributed by atoms with E-state index in [0.29, 0.717) is 37.9 Å². The van der Waals surface area contributed by atoms with Crippen LogP contribution in [-0.4, -0.2) is 97.9 Å². The Balaban J connectivity index is 1.43. The number of epoxide rings is 1. The molecule has 0 bridgehead atoms. The Kier molecular flexibility index (Phi) is 33.1. The van der Waals surface area contributed by atoms with E-state index in [1.807, 2.05) is 30.4 Å². The molecule has 21 heteroatoms. The number of hydrogen-bond donors (Lipinski definition) is 5. The molecule has 0 radical (unpaired) electrons. The topological polar surface area (TPSA) is 278 Å². The van der Waals surface area contributed by atoms with Gasteiger partial charge >= 0.3 is 33.3 Å². The summed E-state index contributed by atoms with van der Waals surface area (Å²) in [6, 6.07) is 1.24. The van der Waals surface area contributed by atoms with Crippen molar-refractivity contribution in [1.82, 2.24) is 9.55 Å². The zero-order chi connectivity index (χ0) is 54.6. The van der Waals surface area contributed by atoms with E-state index in [9.17, 15) is 43.5 Å². The van der Waals surface area contributed by atoms with Crippen LogP contribution in [0.15, 0.2) is 114 Å². The van der Waals surface area contributed by atoms with Gasteiger partial charge in [0.2, 0.25) is 0 Å². The SMILES string of the molecule is CCCCC/C=C\C/C=C\C/C=C\C/C=C\C/C=C\CCC(=O)OC[C@H](COP(=O)(O)OP(=O)(O)OC[C@H]1O[C@@H](n2ccc(N)nc2=O)[C@H](O)[C@@H]1O)OC(=O)CCC/C=C\C/C=C\C/C=C\CC1OC1CCCCC. The third-order valence-electron chi connectivity index (χ3n) is 11.6. The summed E-state index contributed by atoms with van der Waals surface area (Å²) in [6.45, 7) is 1.96. The van der Waals surface area contributed by atoms with Crippen LogP contribution in [0.2, 0.25) is 0 Å². The number of esters is 2. The summed E-state index contributed by atoms with van der Waals surface area (Å²) < 4.78 is 62.4. The summed E-state index contributed by atoms with van der Waals surface area (Å²) in [6.07, 6.45) is 44.0.